The third-order valence-corrected chi connectivity index (χ3v) is 4.90. The van der Waals surface area contributed by atoms with Gasteiger partial charge >= 0.3 is 5.63 Å². The smallest absolute Gasteiger partial charge is 0.344 e. The minimum absolute atomic E-state index is 0.400. The zero-order chi connectivity index (χ0) is 18.5. The second-order valence-electron chi connectivity index (χ2n) is 6.48. The number of rotatable bonds is 7. The van der Waals surface area contributed by atoms with E-state index in [0.29, 0.717) is 27.5 Å². The van der Waals surface area contributed by atoms with Gasteiger partial charge in [-0.15, -0.1) is 0 Å². The lowest BCUT2D eigenvalue weighted by molar-refractivity contribution is 0.414. The summed E-state index contributed by atoms with van der Waals surface area (Å²) in [5, 5.41) is 1.42. The average molecular weight is 371 g/mol. The summed E-state index contributed by atoms with van der Waals surface area (Å²) in [7, 11) is 1.58. The molecule has 0 saturated heterocycles. The van der Waals surface area contributed by atoms with Gasteiger partial charge in [0.15, 0.2) is 0 Å². The molecule has 4 heteroatoms. The van der Waals surface area contributed by atoms with Gasteiger partial charge in [-0.05, 0) is 42.7 Å². The largest absolute Gasteiger partial charge is 0.497 e. The van der Waals surface area contributed by atoms with Crippen LogP contribution in [0.4, 0.5) is 0 Å². The molecule has 0 fully saturated rings. The molecule has 0 N–H and O–H groups in total. The van der Waals surface area contributed by atoms with E-state index in [0.717, 1.165) is 18.2 Å². The molecule has 0 unspecified atom stereocenters. The molecule has 0 aliphatic carbocycles. The molecular weight excluding hydrogens is 348 g/mol. The van der Waals surface area contributed by atoms with E-state index in [2.05, 4.69) is 6.92 Å². The van der Waals surface area contributed by atoms with Crippen LogP contribution in [0.15, 0.2) is 51.7 Å². The van der Waals surface area contributed by atoms with Gasteiger partial charge in [-0.25, -0.2) is 4.79 Å². The van der Waals surface area contributed by atoms with Crippen LogP contribution >= 0.6 is 11.6 Å². The summed E-state index contributed by atoms with van der Waals surface area (Å²) in [6, 6.07) is 13.2. The van der Waals surface area contributed by atoms with Crippen molar-refractivity contribution in [1.82, 2.24) is 0 Å². The van der Waals surface area contributed by atoms with Gasteiger partial charge < -0.3 is 9.15 Å². The van der Waals surface area contributed by atoms with Crippen molar-refractivity contribution < 1.29 is 9.15 Å². The highest BCUT2D eigenvalue weighted by atomic mass is 35.5. The third kappa shape index (κ3) is 4.10. The lowest BCUT2D eigenvalue weighted by Crippen LogP contribution is -2.03. The second kappa shape index (κ2) is 8.41. The molecule has 3 aromatic rings. The van der Waals surface area contributed by atoms with Crippen LogP contribution in [-0.2, 0) is 6.42 Å². The summed E-state index contributed by atoms with van der Waals surface area (Å²) in [5.74, 6) is 0.652. The molecule has 0 amide bonds. The van der Waals surface area contributed by atoms with Crippen molar-refractivity contribution in [3.8, 4) is 16.9 Å². The highest BCUT2D eigenvalue weighted by Gasteiger charge is 2.12. The van der Waals surface area contributed by atoms with Gasteiger partial charge in [0, 0.05) is 22.0 Å². The van der Waals surface area contributed by atoms with Crippen LogP contribution in [0.2, 0.25) is 5.02 Å². The first-order valence-electron chi connectivity index (χ1n) is 9.03. The topological polar surface area (TPSA) is 39.4 Å². The van der Waals surface area contributed by atoms with E-state index >= 15 is 0 Å². The molecule has 0 aliphatic rings. The van der Waals surface area contributed by atoms with E-state index in [9.17, 15) is 4.79 Å². The molecule has 1 heterocycles. The van der Waals surface area contributed by atoms with Crippen molar-refractivity contribution in [3.63, 3.8) is 0 Å². The molecule has 0 atom stereocenters. The van der Waals surface area contributed by atoms with Gasteiger partial charge in [-0.1, -0.05) is 49.9 Å². The molecule has 0 aliphatic heterocycles. The molecule has 0 radical (unpaired) electrons. The number of halogens is 1. The highest BCUT2D eigenvalue weighted by Crippen LogP contribution is 2.30. The van der Waals surface area contributed by atoms with Crippen LogP contribution in [-0.4, -0.2) is 7.11 Å². The number of methoxy groups -OCH3 is 1. The Kier molecular flexibility index (Phi) is 6.00. The van der Waals surface area contributed by atoms with Gasteiger partial charge in [-0.3, -0.25) is 0 Å². The van der Waals surface area contributed by atoms with Crippen molar-refractivity contribution in [3.05, 3.63) is 63.5 Å². The SMILES string of the molecule is CCCCCCc1ccc(-c2cc3ccc(OC)cc3oc2=O)c(Cl)c1. The lowest BCUT2D eigenvalue weighted by atomic mass is 10.0. The van der Waals surface area contributed by atoms with Crippen LogP contribution in [0.5, 0.6) is 5.75 Å². The third-order valence-electron chi connectivity index (χ3n) is 4.59. The molecule has 0 saturated carbocycles. The number of aryl methyl sites for hydroxylation is 1. The fourth-order valence-electron chi connectivity index (χ4n) is 3.09. The van der Waals surface area contributed by atoms with Crippen molar-refractivity contribution in [2.45, 2.75) is 39.0 Å². The minimum Gasteiger partial charge on any atom is -0.497 e. The van der Waals surface area contributed by atoms with Gasteiger partial charge in [-0.2, -0.15) is 0 Å². The first-order valence-corrected chi connectivity index (χ1v) is 9.41. The number of ether oxygens (including phenoxy) is 1. The molecule has 0 spiro atoms. The zero-order valence-electron chi connectivity index (χ0n) is 15.2. The summed E-state index contributed by atoms with van der Waals surface area (Å²) >= 11 is 6.47. The number of benzene rings is 2. The molecule has 1 aromatic heterocycles. The number of hydrogen-bond acceptors (Lipinski definition) is 3. The average Bonchev–Trinajstić information content (AvgIpc) is 2.64. The molecule has 0 bridgehead atoms. The Morgan fingerprint density at radius 3 is 2.58 bits per heavy atom. The van der Waals surface area contributed by atoms with E-state index in [1.165, 1.54) is 24.8 Å². The Morgan fingerprint density at radius 2 is 1.85 bits per heavy atom. The molecule has 2 aromatic carbocycles. The first-order chi connectivity index (χ1) is 12.6. The van der Waals surface area contributed by atoms with Crippen molar-refractivity contribution >= 4 is 22.6 Å². The Morgan fingerprint density at radius 1 is 1.00 bits per heavy atom. The predicted molar refractivity (Wildman–Crippen MR) is 107 cm³/mol. The summed E-state index contributed by atoms with van der Waals surface area (Å²) in [4.78, 5) is 12.4. The van der Waals surface area contributed by atoms with Gasteiger partial charge in [0.2, 0.25) is 0 Å². The van der Waals surface area contributed by atoms with E-state index in [1.807, 2.05) is 36.4 Å². The minimum atomic E-state index is -0.400. The number of fused-ring (bicyclic) bond motifs is 1. The van der Waals surface area contributed by atoms with Crippen LogP contribution in [0, 0.1) is 0 Å². The maximum atomic E-state index is 12.4. The standard InChI is InChI=1S/C22H23ClO3/c1-3-4-5-6-7-15-8-11-18(20(23)12-15)19-13-16-9-10-17(25-2)14-21(16)26-22(19)24/h8-14H,3-7H2,1-2H3. The van der Waals surface area contributed by atoms with E-state index in [-0.39, 0.29) is 0 Å². The van der Waals surface area contributed by atoms with Crippen LogP contribution in [0.1, 0.15) is 38.2 Å². The Labute approximate surface area is 158 Å². The quantitative estimate of drug-likeness (QED) is 0.364. The maximum Gasteiger partial charge on any atom is 0.344 e. The Hall–Kier alpha value is -2.26. The van der Waals surface area contributed by atoms with Gasteiger partial charge in [0.05, 0.1) is 12.7 Å². The molecule has 136 valence electrons. The number of unbranched alkanes of at least 4 members (excludes halogenated alkanes) is 3. The Balaban J connectivity index is 1.90. The van der Waals surface area contributed by atoms with E-state index in [4.69, 9.17) is 20.8 Å². The summed E-state index contributed by atoms with van der Waals surface area (Å²) in [6.45, 7) is 2.21. The molecule has 3 nitrogen and oxygen atoms in total. The fraction of sp³-hybridized carbons (Fsp3) is 0.318. The van der Waals surface area contributed by atoms with Gasteiger partial charge in [0.1, 0.15) is 11.3 Å². The van der Waals surface area contributed by atoms with Crippen LogP contribution in [0.3, 0.4) is 0 Å². The Bertz CT molecular complexity index is 959. The predicted octanol–water partition coefficient (Wildman–Crippen LogP) is 6.24. The van der Waals surface area contributed by atoms with Crippen LogP contribution in [0.25, 0.3) is 22.1 Å². The highest BCUT2D eigenvalue weighted by molar-refractivity contribution is 6.33. The molecular formula is C22H23ClO3. The molecule has 3 rings (SSSR count). The fourth-order valence-corrected chi connectivity index (χ4v) is 3.40. The zero-order valence-corrected chi connectivity index (χ0v) is 15.9. The monoisotopic (exact) mass is 370 g/mol. The maximum absolute atomic E-state index is 12.4. The van der Waals surface area contributed by atoms with Crippen molar-refractivity contribution in [2.24, 2.45) is 0 Å². The summed E-state index contributed by atoms with van der Waals surface area (Å²) in [6.07, 6.45) is 5.88. The molecule has 26 heavy (non-hydrogen) atoms. The van der Waals surface area contributed by atoms with Crippen molar-refractivity contribution in [2.75, 3.05) is 7.11 Å². The summed E-state index contributed by atoms with van der Waals surface area (Å²) in [5.41, 5.74) is 2.48. The first kappa shape index (κ1) is 18.5. The van der Waals surface area contributed by atoms with E-state index in [1.54, 1.807) is 13.2 Å². The normalized spacial score (nSPS) is 11.0. The van der Waals surface area contributed by atoms with Crippen molar-refractivity contribution in [1.29, 1.82) is 0 Å². The lowest BCUT2D eigenvalue weighted by Gasteiger charge is -2.08. The van der Waals surface area contributed by atoms with Crippen LogP contribution < -0.4 is 10.4 Å². The van der Waals surface area contributed by atoms with E-state index < -0.39 is 5.63 Å². The second-order valence-corrected chi connectivity index (χ2v) is 6.88. The van der Waals surface area contributed by atoms with Gasteiger partial charge in [0.25, 0.3) is 0 Å². The number of hydrogen-bond donors (Lipinski definition) is 0. The summed E-state index contributed by atoms with van der Waals surface area (Å²) < 4.78 is 10.6.